The zero-order chi connectivity index (χ0) is 28.3. The molecule has 0 saturated carbocycles. The van der Waals surface area contributed by atoms with Crippen LogP contribution in [0.4, 0.5) is 17.1 Å². The van der Waals surface area contributed by atoms with Crippen molar-refractivity contribution in [3.63, 3.8) is 0 Å². The number of amides is 2. The molecule has 0 N–H and O–H groups in total. The predicted molar refractivity (Wildman–Crippen MR) is 150 cm³/mol. The number of nitro benzene ring substituents is 1. The lowest BCUT2D eigenvalue weighted by molar-refractivity contribution is -0.384. The van der Waals surface area contributed by atoms with E-state index < -0.39 is 40.7 Å². The van der Waals surface area contributed by atoms with Crippen LogP contribution >= 0.6 is 15.9 Å². The fourth-order valence-electron chi connectivity index (χ4n) is 6.01. The highest BCUT2D eigenvalue weighted by atomic mass is 79.9. The highest BCUT2D eigenvalue weighted by Crippen LogP contribution is 2.51. The van der Waals surface area contributed by atoms with Crippen molar-refractivity contribution in [2.24, 2.45) is 11.8 Å². The zero-order valence-corrected chi connectivity index (χ0v) is 22.9. The monoisotopic (exact) mass is 603 g/mol. The van der Waals surface area contributed by atoms with Gasteiger partial charge in [0.05, 0.1) is 41.5 Å². The molecule has 0 spiro atoms. The lowest BCUT2D eigenvalue weighted by atomic mass is 9.86. The summed E-state index contributed by atoms with van der Waals surface area (Å²) in [7, 11) is 2.87. The minimum atomic E-state index is -1.04. The number of carbonyl (C=O) groups excluding carboxylic acids is 3. The maximum atomic E-state index is 14.2. The summed E-state index contributed by atoms with van der Waals surface area (Å²) < 4.78 is 11.2. The Kier molecular flexibility index (Phi) is 6.18. The summed E-state index contributed by atoms with van der Waals surface area (Å²) in [6.45, 7) is 0. The van der Waals surface area contributed by atoms with E-state index in [0.29, 0.717) is 15.8 Å². The van der Waals surface area contributed by atoms with E-state index in [1.54, 1.807) is 18.2 Å². The number of benzene rings is 3. The van der Waals surface area contributed by atoms with Gasteiger partial charge in [0.25, 0.3) is 5.69 Å². The van der Waals surface area contributed by atoms with Crippen molar-refractivity contribution < 1.29 is 28.8 Å². The summed E-state index contributed by atoms with van der Waals surface area (Å²) in [4.78, 5) is 56.2. The number of nitrogens with zero attached hydrogens (tertiary/aromatic N) is 3. The molecular weight excluding hydrogens is 582 g/mol. The average Bonchev–Trinajstić information content (AvgIpc) is 3.44. The van der Waals surface area contributed by atoms with Gasteiger partial charge in [0, 0.05) is 23.4 Å². The number of halogens is 1. The molecule has 2 saturated heterocycles. The maximum Gasteiger partial charge on any atom is 0.271 e. The zero-order valence-electron chi connectivity index (χ0n) is 21.3. The lowest BCUT2D eigenvalue weighted by Crippen LogP contribution is -2.48. The minimum Gasteiger partial charge on any atom is -0.496 e. The Morgan fingerprint density at radius 2 is 1.62 bits per heavy atom. The summed E-state index contributed by atoms with van der Waals surface area (Å²) >= 11 is 3.43. The van der Waals surface area contributed by atoms with Crippen LogP contribution in [0.2, 0.25) is 0 Å². The quantitative estimate of drug-likeness (QED) is 0.173. The topological polar surface area (TPSA) is 119 Å². The molecule has 3 aliphatic heterocycles. The number of nitro groups is 1. The molecule has 11 heteroatoms. The number of non-ortho nitro benzene ring substituents is 1. The van der Waals surface area contributed by atoms with Gasteiger partial charge >= 0.3 is 0 Å². The highest BCUT2D eigenvalue weighted by molar-refractivity contribution is 9.10. The molecule has 0 radical (unpaired) electrons. The van der Waals surface area contributed by atoms with Crippen LogP contribution in [0.1, 0.15) is 15.9 Å². The molecule has 6 rings (SSSR count). The van der Waals surface area contributed by atoms with Gasteiger partial charge in [-0.1, -0.05) is 30.4 Å². The van der Waals surface area contributed by atoms with Crippen LogP contribution in [0.5, 0.6) is 11.5 Å². The van der Waals surface area contributed by atoms with Gasteiger partial charge in [-0.3, -0.25) is 24.5 Å². The number of fused-ring (bicyclic) bond motifs is 5. The molecule has 2 fully saturated rings. The van der Waals surface area contributed by atoms with Gasteiger partial charge < -0.3 is 14.4 Å². The third-order valence-corrected chi connectivity index (χ3v) is 8.35. The van der Waals surface area contributed by atoms with Crippen LogP contribution in [0, 0.1) is 22.0 Å². The first kappa shape index (κ1) is 25.8. The van der Waals surface area contributed by atoms with Crippen LogP contribution in [0.25, 0.3) is 6.08 Å². The molecule has 0 aliphatic carbocycles. The van der Waals surface area contributed by atoms with Gasteiger partial charge in [0.1, 0.15) is 23.2 Å². The fraction of sp³-hybridized carbons (Fsp3) is 0.207. The molecule has 2 amide bonds. The van der Waals surface area contributed by atoms with Crippen molar-refractivity contribution in [2.45, 2.75) is 12.1 Å². The molecule has 3 aliphatic rings. The number of Topliss-reactive ketones (excluding diaryl/α,β-unsaturated/α-hetero) is 1. The number of methoxy groups -OCH3 is 2. The first-order valence-electron chi connectivity index (χ1n) is 12.4. The third kappa shape index (κ3) is 3.72. The molecule has 10 nitrogen and oxygen atoms in total. The average molecular weight is 604 g/mol. The van der Waals surface area contributed by atoms with E-state index >= 15 is 0 Å². The normalized spacial score (nSPS) is 22.6. The molecule has 3 aromatic rings. The number of ether oxygens (including phenoxy) is 2. The van der Waals surface area contributed by atoms with E-state index in [4.69, 9.17) is 9.47 Å². The number of carbonyl (C=O) groups is 3. The number of anilines is 2. The summed E-state index contributed by atoms with van der Waals surface area (Å²) in [5, 5.41) is 11.5. The van der Waals surface area contributed by atoms with Crippen LogP contribution in [-0.2, 0) is 9.59 Å². The van der Waals surface area contributed by atoms with Crippen molar-refractivity contribution in [2.75, 3.05) is 24.0 Å². The number of para-hydroxylation sites is 1. The highest BCUT2D eigenvalue weighted by Gasteiger charge is 2.64. The molecule has 40 heavy (non-hydrogen) atoms. The SMILES string of the molecule is COc1ccc(C(=O)[C@@H]2[C@@H]3C(=O)N(c4cc([N+](=O)[O-])ccc4OC)C(=O)[C@@H]3[C@@H]3C=Cc4ccccc4N23)cc1Br. The van der Waals surface area contributed by atoms with Crippen LogP contribution in [-0.4, -0.2) is 48.8 Å². The van der Waals surface area contributed by atoms with Crippen LogP contribution < -0.4 is 19.3 Å². The van der Waals surface area contributed by atoms with Crippen molar-refractivity contribution in [1.29, 1.82) is 0 Å². The van der Waals surface area contributed by atoms with Crippen molar-refractivity contribution in [1.82, 2.24) is 0 Å². The van der Waals surface area contributed by atoms with E-state index in [2.05, 4.69) is 15.9 Å². The summed E-state index contributed by atoms with van der Waals surface area (Å²) in [5.41, 5.74) is 1.64. The Balaban J connectivity index is 1.50. The Bertz CT molecular complexity index is 1640. The number of ketones is 1. The largest absolute Gasteiger partial charge is 0.496 e. The van der Waals surface area contributed by atoms with Crippen LogP contribution in [0.3, 0.4) is 0 Å². The van der Waals surface area contributed by atoms with Gasteiger partial charge in [-0.15, -0.1) is 0 Å². The van der Waals surface area contributed by atoms with E-state index in [1.807, 2.05) is 41.3 Å². The molecule has 3 heterocycles. The van der Waals surface area contributed by atoms with E-state index in [-0.39, 0.29) is 22.9 Å². The van der Waals surface area contributed by atoms with Gasteiger partial charge in [0.2, 0.25) is 11.8 Å². The van der Waals surface area contributed by atoms with E-state index in [0.717, 1.165) is 22.2 Å². The Morgan fingerprint density at radius 3 is 2.33 bits per heavy atom. The number of rotatable bonds is 6. The number of imide groups is 1. The molecular formula is C29H22BrN3O7. The van der Waals surface area contributed by atoms with Crippen molar-refractivity contribution in [3.05, 3.63) is 92.5 Å². The first-order chi connectivity index (χ1) is 19.3. The summed E-state index contributed by atoms with van der Waals surface area (Å²) in [6.07, 6.45) is 3.73. The van der Waals surface area contributed by atoms with Gasteiger partial charge in [0.15, 0.2) is 5.78 Å². The standard InChI is InChI=1S/C29H22BrN3O7/c1-39-22-11-8-16(13-18(22)30)27(34)26-25-24(20-10-7-15-5-3-4-6-19(15)31(20)26)28(35)32(29(25)36)21-14-17(33(37)38)9-12-23(21)40-2/h3-14,20,24-26H,1-2H3/t20-,24+,25+,26-/m0/s1. The molecule has 0 bridgehead atoms. The molecule has 0 aromatic heterocycles. The number of hydrogen-bond donors (Lipinski definition) is 0. The maximum absolute atomic E-state index is 14.2. The smallest absolute Gasteiger partial charge is 0.271 e. The van der Waals surface area contributed by atoms with E-state index in [9.17, 15) is 24.5 Å². The second-order valence-electron chi connectivity index (χ2n) is 9.65. The van der Waals surface area contributed by atoms with Gasteiger partial charge in [-0.2, -0.15) is 0 Å². The molecule has 0 unspecified atom stereocenters. The fourth-order valence-corrected chi connectivity index (χ4v) is 6.55. The molecule has 202 valence electrons. The second-order valence-corrected chi connectivity index (χ2v) is 10.5. The predicted octanol–water partition coefficient (Wildman–Crippen LogP) is 4.65. The Morgan fingerprint density at radius 1 is 0.925 bits per heavy atom. The first-order valence-corrected chi connectivity index (χ1v) is 13.2. The summed E-state index contributed by atoms with van der Waals surface area (Å²) in [5.74, 6) is -2.74. The summed E-state index contributed by atoms with van der Waals surface area (Å²) in [6, 6.07) is 14.6. The molecule has 3 aromatic carbocycles. The molecule has 4 atom stereocenters. The van der Waals surface area contributed by atoms with Crippen LogP contribution in [0.15, 0.2) is 71.2 Å². The third-order valence-electron chi connectivity index (χ3n) is 7.73. The Labute approximate surface area is 237 Å². The van der Waals surface area contributed by atoms with Crippen molar-refractivity contribution in [3.8, 4) is 11.5 Å². The van der Waals surface area contributed by atoms with Gasteiger partial charge in [-0.05, 0) is 51.8 Å². The van der Waals surface area contributed by atoms with E-state index in [1.165, 1.54) is 26.4 Å². The lowest BCUT2D eigenvalue weighted by Gasteiger charge is -2.36. The van der Waals surface area contributed by atoms with Crippen molar-refractivity contribution >= 4 is 56.7 Å². The Hall–Kier alpha value is -4.51. The second kappa shape index (κ2) is 9.60. The number of hydrogen-bond acceptors (Lipinski definition) is 8. The minimum absolute atomic E-state index is 0.0220. The van der Waals surface area contributed by atoms with Gasteiger partial charge in [-0.25, -0.2) is 4.90 Å².